The molecule has 0 radical (unpaired) electrons. The highest BCUT2D eigenvalue weighted by Gasteiger charge is 2.20. The van der Waals surface area contributed by atoms with E-state index in [-0.39, 0.29) is 11.2 Å². The van der Waals surface area contributed by atoms with Crippen LogP contribution in [0.3, 0.4) is 0 Å². The quantitative estimate of drug-likeness (QED) is 0.622. The van der Waals surface area contributed by atoms with Crippen LogP contribution in [0.4, 0.5) is 0 Å². The molecule has 0 aliphatic carbocycles. The Labute approximate surface area is 142 Å². The summed E-state index contributed by atoms with van der Waals surface area (Å²) in [5.41, 5.74) is 4.17. The lowest BCUT2D eigenvalue weighted by molar-refractivity contribution is -0.129. The predicted octanol–water partition coefficient (Wildman–Crippen LogP) is 3.54. The molecule has 0 fully saturated rings. The molecule has 2 aromatic rings. The molecule has 1 heterocycles. The van der Waals surface area contributed by atoms with E-state index in [0.29, 0.717) is 11.7 Å². The average molecular weight is 329 g/mol. The van der Waals surface area contributed by atoms with Gasteiger partial charge in [0.15, 0.2) is 5.16 Å². The zero-order valence-electron chi connectivity index (χ0n) is 14.3. The molecule has 2 rings (SSSR count). The van der Waals surface area contributed by atoms with Crippen molar-refractivity contribution in [1.82, 2.24) is 14.9 Å². The zero-order valence-corrected chi connectivity index (χ0v) is 15.1. The molecule has 0 N–H and O–H groups in total. The number of carbonyl (C=O) groups is 1. The molecule has 0 unspecified atom stereocenters. The normalized spacial score (nSPS) is 12.0. The van der Waals surface area contributed by atoms with Crippen molar-refractivity contribution in [3.05, 3.63) is 52.8 Å². The van der Waals surface area contributed by atoms with Crippen molar-refractivity contribution in [2.24, 2.45) is 0 Å². The molecule has 1 amide bonds. The summed E-state index contributed by atoms with van der Waals surface area (Å²) in [4.78, 5) is 23.2. The fourth-order valence-corrected chi connectivity index (χ4v) is 3.22. The molecule has 0 saturated heterocycles. The van der Waals surface area contributed by atoms with E-state index in [4.69, 9.17) is 0 Å². The molecule has 0 saturated carbocycles. The van der Waals surface area contributed by atoms with Gasteiger partial charge in [-0.25, -0.2) is 9.97 Å². The molecule has 0 spiro atoms. The molecule has 1 atom stereocenters. The number of aromatic nitrogens is 2. The Morgan fingerprint density at radius 3 is 2.26 bits per heavy atom. The lowest BCUT2D eigenvalue weighted by Gasteiger charge is -2.21. The summed E-state index contributed by atoms with van der Waals surface area (Å²) >= 11 is 1.41. The van der Waals surface area contributed by atoms with E-state index in [0.717, 1.165) is 22.5 Å². The van der Waals surface area contributed by atoms with Crippen LogP contribution in [0.1, 0.15) is 29.4 Å². The first-order chi connectivity index (χ1) is 10.9. The van der Waals surface area contributed by atoms with E-state index in [1.807, 2.05) is 65.1 Å². The number of benzene rings is 1. The fraction of sp³-hybridized carbons (Fsp3) is 0.389. The van der Waals surface area contributed by atoms with Gasteiger partial charge in [0.05, 0.1) is 5.25 Å². The Bertz CT molecular complexity index is 665. The van der Waals surface area contributed by atoms with Crippen LogP contribution in [0, 0.1) is 20.8 Å². The molecule has 1 aromatic carbocycles. The van der Waals surface area contributed by atoms with Crippen molar-refractivity contribution in [3.8, 4) is 0 Å². The molecule has 4 nitrogen and oxygen atoms in total. The summed E-state index contributed by atoms with van der Waals surface area (Å²) in [5, 5.41) is 0.449. The first-order valence-corrected chi connectivity index (χ1v) is 8.54. The van der Waals surface area contributed by atoms with E-state index >= 15 is 0 Å². The molecular weight excluding hydrogens is 306 g/mol. The largest absolute Gasteiger partial charge is 0.340 e. The Morgan fingerprint density at radius 2 is 1.70 bits per heavy atom. The van der Waals surface area contributed by atoms with Gasteiger partial charge in [-0.15, -0.1) is 0 Å². The number of nitrogens with zero attached hydrogens (tertiary/aromatic N) is 3. The van der Waals surface area contributed by atoms with Gasteiger partial charge in [-0.3, -0.25) is 4.79 Å². The minimum absolute atomic E-state index is 0.0818. The predicted molar refractivity (Wildman–Crippen MR) is 94.5 cm³/mol. The zero-order chi connectivity index (χ0) is 17.0. The van der Waals surface area contributed by atoms with E-state index in [1.165, 1.54) is 11.8 Å². The van der Waals surface area contributed by atoms with E-state index in [1.54, 1.807) is 4.90 Å². The van der Waals surface area contributed by atoms with Crippen molar-refractivity contribution in [3.63, 3.8) is 0 Å². The van der Waals surface area contributed by atoms with Crippen molar-refractivity contribution in [1.29, 1.82) is 0 Å². The van der Waals surface area contributed by atoms with Crippen molar-refractivity contribution in [2.75, 3.05) is 7.05 Å². The van der Waals surface area contributed by atoms with Gasteiger partial charge in [-0.1, -0.05) is 42.1 Å². The number of hydrogen-bond acceptors (Lipinski definition) is 4. The van der Waals surface area contributed by atoms with Gasteiger partial charge in [0, 0.05) is 25.0 Å². The number of rotatable bonds is 5. The van der Waals surface area contributed by atoms with Crippen molar-refractivity contribution >= 4 is 17.7 Å². The maximum absolute atomic E-state index is 12.5. The number of carbonyl (C=O) groups excluding carboxylic acids is 1. The Balaban J connectivity index is 2.02. The Kier molecular flexibility index (Phi) is 5.77. The number of hydrogen-bond donors (Lipinski definition) is 0. The lowest BCUT2D eigenvalue weighted by atomic mass is 10.2. The third-order valence-corrected chi connectivity index (χ3v) is 4.83. The standard InChI is InChI=1S/C18H23N3OS/c1-12-13(2)19-18(20-14(12)3)23-15(4)17(22)21(5)11-16-9-7-6-8-10-16/h6-10,15H,11H2,1-5H3/t15-/m0/s1. The van der Waals surface area contributed by atoms with Crippen LogP contribution in [0.25, 0.3) is 0 Å². The minimum Gasteiger partial charge on any atom is -0.340 e. The maximum atomic E-state index is 12.5. The van der Waals surface area contributed by atoms with Gasteiger partial charge < -0.3 is 4.90 Å². The smallest absolute Gasteiger partial charge is 0.235 e. The lowest BCUT2D eigenvalue weighted by Crippen LogP contribution is -2.32. The van der Waals surface area contributed by atoms with Gasteiger partial charge in [-0.2, -0.15) is 0 Å². The second kappa shape index (κ2) is 7.59. The molecule has 1 aromatic heterocycles. The van der Waals surface area contributed by atoms with Crippen LogP contribution in [-0.2, 0) is 11.3 Å². The van der Waals surface area contributed by atoms with E-state index < -0.39 is 0 Å². The summed E-state index contributed by atoms with van der Waals surface area (Å²) in [6.07, 6.45) is 0. The monoisotopic (exact) mass is 329 g/mol. The molecule has 122 valence electrons. The minimum atomic E-state index is -0.217. The highest BCUT2D eigenvalue weighted by atomic mass is 32.2. The molecule has 23 heavy (non-hydrogen) atoms. The first kappa shape index (κ1) is 17.5. The van der Waals surface area contributed by atoms with Crippen molar-refractivity contribution in [2.45, 2.75) is 44.6 Å². The van der Waals surface area contributed by atoms with Crippen LogP contribution in [0.2, 0.25) is 0 Å². The van der Waals surface area contributed by atoms with Gasteiger partial charge in [0.2, 0.25) is 5.91 Å². The highest BCUT2D eigenvalue weighted by Crippen LogP contribution is 2.23. The van der Waals surface area contributed by atoms with Gasteiger partial charge in [0.25, 0.3) is 0 Å². The molecule has 0 aliphatic heterocycles. The molecule has 0 bridgehead atoms. The molecule has 0 aliphatic rings. The third-order valence-electron chi connectivity index (χ3n) is 3.88. The second-order valence-electron chi connectivity index (χ2n) is 5.74. The second-order valence-corrected chi connectivity index (χ2v) is 7.05. The summed E-state index contributed by atoms with van der Waals surface area (Å²) in [5.74, 6) is 0.0818. The SMILES string of the molecule is Cc1nc(S[C@@H](C)C(=O)N(C)Cc2ccccc2)nc(C)c1C. The summed E-state index contributed by atoms with van der Waals surface area (Å²) < 4.78 is 0. The Morgan fingerprint density at radius 1 is 1.13 bits per heavy atom. The molecule has 5 heteroatoms. The third kappa shape index (κ3) is 4.55. The van der Waals surface area contributed by atoms with Crippen LogP contribution in [-0.4, -0.2) is 33.1 Å². The van der Waals surface area contributed by atoms with E-state index in [9.17, 15) is 4.79 Å². The Hall–Kier alpha value is -1.88. The van der Waals surface area contributed by atoms with Crippen LogP contribution in [0.15, 0.2) is 35.5 Å². The van der Waals surface area contributed by atoms with Crippen LogP contribution < -0.4 is 0 Å². The van der Waals surface area contributed by atoms with Gasteiger partial charge in [0.1, 0.15) is 0 Å². The number of thioether (sulfide) groups is 1. The van der Waals surface area contributed by atoms with Crippen LogP contribution in [0.5, 0.6) is 0 Å². The van der Waals surface area contributed by atoms with Gasteiger partial charge in [-0.05, 0) is 38.8 Å². The number of amides is 1. The van der Waals surface area contributed by atoms with Crippen LogP contribution >= 0.6 is 11.8 Å². The fourth-order valence-electron chi connectivity index (χ4n) is 2.25. The first-order valence-electron chi connectivity index (χ1n) is 7.66. The summed E-state index contributed by atoms with van der Waals surface area (Å²) in [6.45, 7) is 8.48. The van der Waals surface area contributed by atoms with E-state index in [2.05, 4.69) is 9.97 Å². The summed E-state index contributed by atoms with van der Waals surface area (Å²) in [6, 6.07) is 9.99. The van der Waals surface area contributed by atoms with Gasteiger partial charge >= 0.3 is 0 Å². The maximum Gasteiger partial charge on any atom is 0.235 e. The van der Waals surface area contributed by atoms with Crippen molar-refractivity contribution < 1.29 is 4.79 Å². The average Bonchev–Trinajstić information content (AvgIpc) is 2.52. The topological polar surface area (TPSA) is 46.1 Å². The highest BCUT2D eigenvalue weighted by molar-refractivity contribution is 8.00. The number of aryl methyl sites for hydroxylation is 2. The molecular formula is C18H23N3OS. The summed E-state index contributed by atoms with van der Waals surface area (Å²) in [7, 11) is 1.83.